The molecule has 0 aliphatic rings. The van der Waals surface area contributed by atoms with Gasteiger partial charge < -0.3 is 9.67 Å². The number of aromatic hydroxyl groups is 1. The smallest absolute Gasteiger partial charge is 0.507 e. The first-order chi connectivity index (χ1) is 19.9. The average molecular weight is 687 g/mol. The van der Waals surface area contributed by atoms with Crippen LogP contribution in [0.2, 0.25) is 0 Å². The monoisotopic (exact) mass is 686 g/mol. The summed E-state index contributed by atoms with van der Waals surface area (Å²) in [6.45, 7) is -2.35. The largest absolute Gasteiger partial charge is 2.00 e. The normalized spacial score (nSPS) is 13.1. The van der Waals surface area contributed by atoms with Crippen LogP contribution in [0.5, 0.6) is 5.75 Å². The summed E-state index contributed by atoms with van der Waals surface area (Å²) in [5.74, 6) is 0.0957. The Hall–Kier alpha value is -4.47. The number of aryl methyl sites for hydroxylation is 1. The quantitative estimate of drug-likeness (QED) is 0.193. The maximum Gasteiger partial charge on any atom is 2.00 e. The topological polar surface area (TPSA) is 55.4 Å². The van der Waals surface area contributed by atoms with Crippen molar-refractivity contribution >= 4 is 49.4 Å². The van der Waals surface area contributed by atoms with Crippen LogP contribution >= 0.6 is 0 Å². The number of nitrogens with zero attached hydrogens (tertiary/aromatic N) is 4. The molecule has 0 aliphatic heterocycles. The van der Waals surface area contributed by atoms with Gasteiger partial charge >= 0.3 is 21.1 Å². The number of fused-ring (bicyclic) bond motifs is 8. The van der Waals surface area contributed by atoms with Crippen molar-refractivity contribution in [3.05, 3.63) is 115 Å². The fraction of sp³-hybridized carbons (Fsp3) is 0.0303. The second-order valence-corrected chi connectivity index (χ2v) is 9.35. The van der Waals surface area contributed by atoms with Crippen LogP contribution < -0.4 is 0 Å². The van der Waals surface area contributed by atoms with Crippen LogP contribution in [0, 0.1) is 19.0 Å². The number of imidazole rings is 1. The minimum absolute atomic E-state index is 0. The van der Waals surface area contributed by atoms with Gasteiger partial charge in [0, 0.05) is 9.63 Å². The number of phenolic OH excluding ortho intramolecular Hbond substituents is 1. The van der Waals surface area contributed by atoms with Crippen molar-refractivity contribution in [1.82, 2.24) is 18.9 Å². The molecular formula is C33H20N4OPt. The van der Waals surface area contributed by atoms with Gasteiger partial charge in [-0.2, -0.15) is 24.3 Å². The van der Waals surface area contributed by atoms with Gasteiger partial charge in [-0.25, -0.2) is 9.97 Å². The molecule has 0 fully saturated rings. The maximum atomic E-state index is 10.7. The van der Waals surface area contributed by atoms with Crippen LogP contribution in [0.1, 0.15) is 9.68 Å². The van der Waals surface area contributed by atoms with E-state index in [1.807, 2.05) is 69.6 Å². The first-order valence-corrected chi connectivity index (χ1v) is 12.2. The van der Waals surface area contributed by atoms with E-state index >= 15 is 0 Å². The van der Waals surface area contributed by atoms with Crippen LogP contribution in [0.15, 0.2) is 97.3 Å². The summed E-state index contributed by atoms with van der Waals surface area (Å²) in [5, 5.41) is 13.3. The van der Waals surface area contributed by atoms with E-state index in [-0.39, 0.29) is 32.4 Å². The Balaban J connectivity index is 0.00000288. The van der Waals surface area contributed by atoms with Gasteiger partial charge in [0.1, 0.15) is 12.1 Å². The molecule has 6 heteroatoms. The van der Waals surface area contributed by atoms with Gasteiger partial charge in [-0.05, 0) is 35.3 Å². The van der Waals surface area contributed by atoms with Crippen molar-refractivity contribution in [3.63, 3.8) is 0 Å². The predicted octanol–water partition coefficient (Wildman–Crippen LogP) is 7.41. The molecule has 8 rings (SSSR count). The summed E-state index contributed by atoms with van der Waals surface area (Å²) in [4.78, 5) is 9.48. The molecule has 0 bridgehead atoms. The molecule has 0 saturated heterocycles. The standard InChI is InChI=1S/C33H20N4O.Pt/c1-20-16-21(18-22(17-20)37-27-12-4-2-8-24(27)25-9-3-5-13-28(25)37)23-10-6-14-29-32(23)35-33-31-26(34-19-36(29)33)11-7-15-30(31)38;/h2-12,14-17,19,38H,1H3;/q-2;+2/i1D3;. The molecule has 0 spiro atoms. The van der Waals surface area contributed by atoms with E-state index in [9.17, 15) is 5.11 Å². The fourth-order valence-electron chi connectivity index (χ4n) is 5.53. The molecule has 0 unspecified atom stereocenters. The third-order valence-corrected chi connectivity index (χ3v) is 7.16. The summed E-state index contributed by atoms with van der Waals surface area (Å²) < 4.78 is 28.7. The summed E-state index contributed by atoms with van der Waals surface area (Å²) >= 11 is 0. The Morgan fingerprint density at radius 2 is 1.74 bits per heavy atom. The van der Waals surface area contributed by atoms with E-state index in [1.54, 1.807) is 30.6 Å². The molecule has 3 aromatic heterocycles. The Labute approximate surface area is 242 Å². The van der Waals surface area contributed by atoms with Gasteiger partial charge in [0.05, 0.1) is 21.9 Å². The first kappa shape index (κ1) is 20.5. The van der Waals surface area contributed by atoms with Crippen LogP contribution in [0.3, 0.4) is 0 Å². The number of rotatable bonds is 2. The maximum absolute atomic E-state index is 10.7. The van der Waals surface area contributed by atoms with Gasteiger partial charge in [-0.3, -0.25) is 4.40 Å². The summed E-state index contributed by atoms with van der Waals surface area (Å²) in [6.07, 6.45) is 1.69. The molecule has 0 aliphatic carbocycles. The summed E-state index contributed by atoms with van der Waals surface area (Å²) in [7, 11) is 0. The molecule has 5 nitrogen and oxygen atoms in total. The van der Waals surface area contributed by atoms with Crippen LogP contribution in [-0.4, -0.2) is 24.0 Å². The van der Waals surface area contributed by atoms with Gasteiger partial charge in [0.2, 0.25) is 0 Å². The fourth-order valence-corrected chi connectivity index (χ4v) is 5.53. The molecule has 0 saturated carbocycles. The number of para-hydroxylation sites is 3. The number of hydrogen-bond donors (Lipinski definition) is 1. The molecule has 0 radical (unpaired) electrons. The van der Waals surface area contributed by atoms with E-state index in [0.717, 1.165) is 32.9 Å². The minimum Gasteiger partial charge on any atom is -0.507 e. The SMILES string of the molecule is [2H]C([2H])([2H])c1cc(-c2cccc3c2nc2c4c(O)cccc4ncn32)[c-]c(-n2c3[c-]cccc3c3ccccc32)c1.[Pt+2]. The van der Waals surface area contributed by atoms with E-state index in [2.05, 4.69) is 23.2 Å². The molecule has 0 amide bonds. The van der Waals surface area contributed by atoms with Crippen molar-refractivity contribution in [2.45, 2.75) is 6.85 Å². The van der Waals surface area contributed by atoms with Gasteiger partial charge in [-0.1, -0.05) is 54.3 Å². The van der Waals surface area contributed by atoms with Crippen LogP contribution in [0.25, 0.3) is 66.2 Å². The zero-order valence-electron chi connectivity index (χ0n) is 23.3. The number of benzene rings is 5. The Bertz CT molecular complexity index is 2290. The first-order valence-electron chi connectivity index (χ1n) is 13.7. The van der Waals surface area contributed by atoms with Gasteiger partial charge in [-0.15, -0.1) is 34.7 Å². The molecule has 8 aromatic rings. The molecule has 5 aromatic carbocycles. The Morgan fingerprint density at radius 3 is 2.67 bits per heavy atom. The molecular weight excluding hydrogens is 663 g/mol. The van der Waals surface area contributed by atoms with Gasteiger partial charge in [0.25, 0.3) is 0 Å². The van der Waals surface area contributed by atoms with Crippen molar-refractivity contribution < 1.29 is 30.3 Å². The van der Waals surface area contributed by atoms with Crippen molar-refractivity contribution in [1.29, 1.82) is 0 Å². The van der Waals surface area contributed by atoms with E-state index in [0.29, 0.717) is 33.3 Å². The third-order valence-electron chi connectivity index (χ3n) is 7.16. The third kappa shape index (κ3) is 3.43. The van der Waals surface area contributed by atoms with Crippen LogP contribution in [0.4, 0.5) is 0 Å². The Morgan fingerprint density at radius 1 is 0.897 bits per heavy atom. The number of phenols is 1. The minimum atomic E-state index is -2.35. The van der Waals surface area contributed by atoms with E-state index < -0.39 is 6.85 Å². The number of hydrogen-bond acceptors (Lipinski definition) is 3. The van der Waals surface area contributed by atoms with Crippen molar-refractivity contribution in [2.24, 2.45) is 0 Å². The van der Waals surface area contributed by atoms with E-state index in [1.165, 1.54) is 0 Å². The summed E-state index contributed by atoms with van der Waals surface area (Å²) in [5.41, 5.74) is 6.57. The molecule has 39 heavy (non-hydrogen) atoms. The Kier molecular flexibility index (Phi) is 4.62. The summed E-state index contributed by atoms with van der Waals surface area (Å²) in [6, 6.07) is 35.1. The molecule has 1 N–H and O–H groups in total. The second-order valence-electron chi connectivity index (χ2n) is 9.35. The van der Waals surface area contributed by atoms with Gasteiger partial charge in [0.15, 0.2) is 5.65 Å². The molecule has 188 valence electrons. The number of aromatic nitrogens is 4. The van der Waals surface area contributed by atoms with E-state index in [4.69, 9.17) is 9.10 Å². The molecule has 3 heterocycles. The van der Waals surface area contributed by atoms with Crippen molar-refractivity contribution in [2.75, 3.05) is 0 Å². The second kappa shape index (κ2) is 8.79. The molecule has 0 atom stereocenters. The van der Waals surface area contributed by atoms with Crippen molar-refractivity contribution in [3.8, 4) is 22.6 Å². The van der Waals surface area contributed by atoms with Crippen LogP contribution in [-0.2, 0) is 21.1 Å². The zero-order valence-corrected chi connectivity index (χ0v) is 22.6. The average Bonchev–Trinajstić information content (AvgIpc) is 3.52. The predicted molar refractivity (Wildman–Crippen MR) is 152 cm³/mol. The zero-order chi connectivity index (χ0) is 27.9.